The molecule has 1 aromatic heterocycles. The number of carboxylic acid groups (broad SMARTS) is 1. The van der Waals surface area contributed by atoms with Crippen LogP contribution in [0.25, 0.3) is 0 Å². The molecule has 1 atom stereocenters. The number of imidazole rings is 1. The van der Waals surface area contributed by atoms with Gasteiger partial charge >= 0.3 is 5.97 Å². The number of rotatable bonds is 4. The lowest BCUT2D eigenvalue weighted by atomic mass is 10.0. The summed E-state index contributed by atoms with van der Waals surface area (Å²) in [5, 5.41) is 8.92. The van der Waals surface area contributed by atoms with Gasteiger partial charge in [0.15, 0.2) is 10.6 Å². The van der Waals surface area contributed by atoms with E-state index in [1.807, 2.05) is 0 Å². The second-order valence-electron chi connectivity index (χ2n) is 3.71. The first-order valence-corrected chi connectivity index (χ1v) is 6.28. The van der Waals surface area contributed by atoms with Crippen LogP contribution in [0.1, 0.15) is 6.42 Å². The van der Waals surface area contributed by atoms with Crippen molar-refractivity contribution in [3.63, 3.8) is 0 Å². The highest BCUT2D eigenvalue weighted by molar-refractivity contribution is 7.89. The normalized spacial score (nSPS) is 24.9. The number of hydrogen-bond donors (Lipinski definition) is 3. The second-order valence-corrected chi connectivity index (χ2v) is 5.36. The number of aliphatic carboxylic acids is 1. The molecule has 1 saturated heterocycles. The average Bonchev–Trinajstić information content (AvgIpc) is 2.86. The molecule has 8 nitrogen and oxygen atoms in total. The molecule has 0 saturated carbocycles. The number of nitrogens with one attached hydrogen (secondary N) is 2. The van der Waals surface area contributed by atoms with E-state index in [9.17, 15) is 13.2 Å². The number of nitrogens with zero attached hydrogens (tertiary/aromatic N) is 1. The fraction of sp³-hybridized carbons (Fsp3) is 0.500. The number of hydrogen-bond acceptors (Lipinski definition) is 5. The van der Waals surface area contributed by atoms with E-state index < -0.39 is 21.5 Å². The van der Waals surface area contributed by atoms with Crippen LogP contribution in [0.2, 0.25) is 0 Å². The fourth-order valence-electron chi connectivity index (χ4n) is 1.56. The molecule has 9 heteroatoms. The highest BCUT2D eigenvalue weighted by Crippen LogP contribution is 2.21. The third-order valence-corrected chi connectivity index (χ3v) is 3.99. The number of ether oxygens (including phenoxy) is 1. The molecule has 1 aliphatic heterocycles. The van der Waals surface area contributed by atoms with Gasteiger partial charge in [-0.25, -0.2) is 13.4 Å². The van der Waals surface area contributed by atoms with Crippen molar-refractivity contribution in [2.45, 2.75) is 17.0 Å². The third-order valence-electron chi connectivity index (χ3n) is 2.52. The molecule has 1 fully saturated rings. The van der Waals surface area contributed by atoms with Crippen LogP contribution in [-0.2, 0) is 19.6 Å². The van der Waals surface area contributed by atoms with Crippen molar-refractivity contribution in [1.82, 2.24) is 14.7 Å². The summed E-state index contributed by atoms with van der Waals surface area (Å²) in [6, 6.07) is 0. The first kappa shape index (κ1) is 12.0. The zero-order valence-corrected chi connectivity index (χ0v) is 9.53. The number of aromatic nitrogens is 2. The predicted octanol–water partition coefficient (Wildman–Crippen LogP) is -1.07. The van der Waals surface area contributed by atoms with Crippen molar-refractivity contribution in [3.8, 4) is 0 Å². The Hall–Kier alpha value is -1.45. The summed E-state index contributed by atoms with van der Waals surface area (Å²) >= 11 is 0. The number of sulfonamides is 1. The summed E-state index contributed by atoms with van der Waals surface area (Å²) in [7, 11) is -3.93. The molecule has 0 radical (unpaired) electrons. The summed E-state index contributed by atoms with van der Waals surface area (Å²) < 4.78 is 30.8. The Balaban J connectivity index is 2.28. The first-order chi connectivity index (χ1) is 7.96. The maximum absolute atomic E-state index is 11.9. The van der Waals surface area contributed by atoms with Gasteiger partial charge in [0.25, 0.3) is 10.0 Å². The zero-order valence-electron chi connectivity index (χ0n) is 8.71. The van der Waals surface area contributed by atoms with E-state index in [1.165, 1.54) is 6.33 Å². The molecule has 17 heavy (non-hydrogen) atoms. The summed E-state index contributed by atoms with van der Waals surface area (Å²) in [5.74, 6) is -1.25. The van der Waals surface area contributed by atoms with Crippen molar-refractivity contribution < 1.29 is 23.1 Å². The van der Waals surface area contributed by atoms with E-state index in [0.717, 1.165) is 6.20 Å². The standard InChI is InChI=1S/C8H11N3O5S/c12-7(13)8(1-2-16-4-8)11-17(14,15)6-3-9-5-10-6/h3,5,11H,1-2,4H2,(H,9,10)(H,12,13). The zero-order chi connectivity index (χ0) is 12.5. The molecule has 1 unspecified atom stereocenters. The molecule has 0 aromatic carbocycles. The Kier molecular flexibility index (Phi) is 2.89. The van der Waals surface area contributed by atoms with Crippen LogP contribution in [0.3, 0.4) is 0 Å². The van der Waals surface area contributed by atoms with E-state index in [4.69, 9.17) is 9.84 Å². The van der Waals surface area contributed by atoms with Gasteiger partial charge in [-0.15, -0.1) is 0 Å². The molecular formula is C8H11N3O5S. The van der Waals surface area contributed by atoms with Crippen LogP contribution in [0.4, 0.5) is 0 Å². The minimum Gasteiger partial charge on any atom is -0.480 e. The van der Waals surface area contributed by atoms with E-state index >= 15 is 0 Å². The second kappa shape index (κ2) is 4.09. The van der Waals surface area contributed by atoms with Gasteiger partial charge in [-0.3, -0.25) is 4.79 Å². The van der Waals surface area contributed by atoms with Gasteiger partial charge in [-0.05, 0) is 0 Å². The van der Waals surface area contributed by atoms with E-state index in [-0.39, 0.29) is 24.7 Å². The Labute approximate surface area is 97.1 Å². The highest BCUT2D eigenvalue weighted by atomic mass is 32.2. The lowest BCUT2D eigenvalue weighted by Crippen LogP contribution is -2.55. The maximum Gasteiger partial charge on any atom is 0.327 e. The molecular weight excluding hydrogens is 250 g/mol. The average molecular weight is 261 g/mol. The van der Waals surface area contributed by atoms with Crippen LogP contribution < -0.4 is 4.72 Å². The van der Waals surface area contributed by atoms with E-state index in [2.05, 4.69) is 14.7 Å². The van der Waals surface area contributed by atoms with Crippen molar-refractivity contribution in [1.29, 1.82) is 0 Å². The molecule has 1 aromatic rings. The lowest BCUT2D eigenvalue weighted by molar-refractivity contribution is -0.144. The Bertz CT molecular complexity index is 503. The van der Waals surface area contributed by atoms with Gasteiger partial charge in [0.05, 0.1) is 19.1 Å². The van der Waals surface area contributed by atoms with Gasteiger partial charge in [0, 0.05) is 13.0 Å². The van der Waals surface area contributed by atoms with Crippen LogP contribution in [0, 0.1) is 0 Å². The van der Waals surface area contributed by atoms with E-state index in [1.54, 1.807) is 0 Å². The monoisotopic (exact) mass is 261 g/mol. The summed E-state index contributed by atoms with van der Waals surface area (Å²) in [5.41, 5.74) is -1.59. The molecule has 0 spiro atoms. The van der Waals surface area contributed by atoms with Crippen LogP contribution >= 0.6 is 0 Å². The topological polar surface area (TPSA) is 121 Å². The number of aromatic amines is 1. The van der Waals surface area contributed by atoms with Gasteiger partial charge in [0.2, 0.25) is 0 Å². The number of carbonyl (C=O) groups is 1. The van der Waals surface area contributed by atoms with Crippen LogP contribution in [0.5, 0.6) is 0 Å². The Morgan fingerprint density at radius 2 is 2.41 bits per heavy atom. The molecule has 2 rings (SSSR count). The number of carboxylic acids is 1. The highest BCUT2D eigenvalue weighted by Gasteiger charge is 2.46. The van der Waals surface area contributed by atoms with E-state index in [0.29, 0.717) is 0 Å². The lowest BCUT2D eigenvalue weighted by Gasteiger charge is -2.22. The van der Waals surface area contributed by atoms with Gasteiger partial charge < -0.3 is 14.8 Å². The third kappa shape index (κ3) is 2.16. The first-order valence-electron chi connectivity index (χ1n) is 4.80. The summed E-state index contributed by atoms with van der Waals surface area (Å²) in [4.78, 5) is 17.1. The molecule has 3 N–H and O–H groups in total. The minimum atomic E-state index is -3.93. The predicted molar refractivity (Wildman–Crippen MR) is 54.7 cm³/mol. The SMILES string of the molecule is O=C(O)C1(NS(=O)(=O)c2cnc[nH]2)CCOC1. The van der Waals surface area contributed by atoms with Crippen molar-refractivity contribution >= 4 is 16.0 Å². The van der Waals surface area contributed by atoms with Crippen LogP contribution in [-0.4, -0.2) is 48.2 Å². The molecule has 0 bridgehead atoms. The van der Waals surface area contributed by atoms with Gasteiger partial charge in [0.1, 0.15) is 0 Å². The summed E-state index contributed by atoms with van der Waals surface area (Å²) in [6.07, 6.45) is 2.40. The van der Waals surface area contributed by atoms with Gasteiger partial charge in [-0.2, -0.15) is 4.72 Å². The van der Waals surface area contributed by atoms with Gasteiger partial charge in [-0.1, -0.05) is 0 Å². The molecule has 2 heterocycles. The maximum atomic E-state index is 11.9. The molecule has 0 amide bonds. The van der Waals surface area contributed by atoms with Crippen LogP contribution in [0.15, 0.2) is 17.6 Å². The van der Waals surface area contributed by atoms with Crippen molar-refractivity contribution in [3.05, 3.63) is 12.5 Å². The largest absolute Gasteiger partial charge is 0.480 e. The Morgan fingerprint density at radius 3 is 2.88 bits per heavy atom. The number of H-pyrrole nitrogens is 1. The smallest absolute Gasteiger partial charge is 0.327 e. The molecule has 94 valence electrons. The molecule has 1 aliphatic rings. The minimum absolute atomic E-state index is 0.0930. The molecule has 0 aliphatic carbocycles. The Morgan fingerprint density at radius 1 is 1.65 bits per heavy atom. The quantitative estimate of drug-likeness (QED) is 0.634. The van der Waals surface area contributed by atoms with Crippen molar-refractivity contribution in [2.75, 3.05) is 13.2 Å². The van der Waals surface area contributed by atoms with Crippen molar-refractivity contribution in [2.24, 2.45) is 0 Å². The fourth-order valence-corrected chi connectivity index (χ4v) is 2.84. The summed E-state index contributed by atoms with van der Waals surface area (Å²) in [6.45, 7) is 0.0213.